The number of carboxylic acid groups (broad SMARTS) is 1. The summed E-state index contributed by atoms with van der Waals surface area (Å²) in [6.07, 6.45) is 6.11. The van der Waals surface area contributed by atoms with Crippen LogP contribution in [0.25, 0.3) is 0 Å². The zero-order valence-corrected chi connectivity index (χ0v) is 10.6. The monoisotopic (exact) mass is 260 g/mol. The Bertz CT molecular complexity index is 513. The van der Waals surface area contributed by atoms with Gasteiger partial charge in [0.05, 0.1) is 11.3 Å². The molecule has 1 heterocycles. The summed E-state index contributed by atoms with van der Waals surface area (Å²) in [7, 11) is 0. The fourth-order valence-corrected chi connectivity index (χ4v) is 2.37. The zero-order valence-electron chi connectivity index (χ0n) is 10.6. The lowest BCUT2D eigenvalue weighted by atomic mass is 10.1. The Morgan fingerprint density at radius 3 is 2.47 bits per heavy atom. The largest absolute Gasteiger partial charge is 0.478 e. The number of isocyanates is 1. The van der Waals surface area contributed by atoms with Crippen LogP contribution in [0.1, 0.15) is 36.0 Å². The Hall–Kier alpha value is -2.13. The fraction of sp³-hybridized carbons (Fsp3) is 0.429. The maximum Gasteiger partial charge on any atom is 0.335 e. The summed E-state index contributed by atoms with van der Waals surface area (Å²) in [5, 5.41) is 8.97. The number of nitrogens with zero attached hydrogens (tertiary/aromatic N) is 2. The first-order valence-corrected chi connectivity index (χ1v) is 6.42. The number of carboxylic acids is 1. The van der Waals surface area contributed by atoms with E-state index in [-0.39, 0.29) is 5.56 Å². The van der Waals surface area contributed by atoms with Crippen molar-refractivity contribution >= 4 is 23.4 Å². The Morgan fingerprint density at radius 2 is 1.89 bits per heavy atom. The van der Waals surface area contributed by atoms with E-state index in [9.17, 15) is 9.59 Å². The van der Waals surface area contributed by atoms with E-state index >= 15 is 0 Å². The highest BCUT2D eigenvalue weighted by Gasteiger charge is 2.15. The van der Waals surface area contributed by atoms with E-state index in [4.69, 9.17) is 5.11 Å². The minimum atomic E-state index is -1.02. The molecule has 0 spiro atoms. The number of hydrogen-bond donors (Lipinski definition) is 1. The fourth-order valence-electron chi connectivity index (χ4n) is 2.37. The number of anilines is 1. The van der Waals surface area contributed by atoms with Gasteiger partial charge in [0.2, 0.25) is 6.08 Å². The normalized spacial score (nSPS) is 15.5. The van der Waals surface area contributed by atoms with Gasteiger partial charge in [-0.15, -0.1) is 0 Å². The van der Waals surface area contributed by atoms with Crippen molar-refractivity contribution in [1.29, 1.82) is 0 Å². The van der Waals surface area contributed by atoms with Crippen LogP contribution in [0.5, 0.6) is 0 Å². The van der Waals surface area contributed by atoms with Gasteiger partial charge in [0.15, 0.2) is 0 Å². The lowest BCUT2D eigenvalue weighted by molar-refractivity contribution is 0.0697. The average molecular weight is 260 g/mol. The number of carbonyl (C=O) groups excluding carboxylic acids is 1. The minimum Gasteiger partial charge on any atom is -0.478 e. The average Bonchev–Trinajstić information content (AvgIpc) is 2.68. The number of rotatable bonds is 3. The molecule has 0 saturated carbocycles. The van der Waals surface area contributed by atoms with Gasteiger partial charge in [-0.25, -0.2) is 9.59 Å². The zero-order chi connectivity index (χ0) is 13.7. The van der Waals surface area contributed by atoms with E-state index in [0.717, 1.165) is 31.6 Å². The van der Waals surface area contributed by atoms with Crippen LogP contribution in [-0.4, -0.2) is 30.2 Å². The third kappa shape index (κ3) is 3.20. The smallest absolute Gasteiger partial charge is 0.335 e. The molecular weight excluding hydrogens is 244 g/mol. The summed E-state index contributed by atoms with van der Waals surface area (Å²) in [6, 6.07) is 4.70. The maximum atomic E-state index is 10.9. The van der Waals surface area contributed by atoms with Crippen LogP contribution >= 0.6 is 0 Å². The maximum absolute atomic E-state index is 10.9. The van der Waals surface area contributed by atoms with Crippen molar-refractivity contribution < 1.29 is 14.7 Å². The van der Waals surface area contributed by atoms with E-state index in [1.54, 1.807) is 12.1 Å². The predicted molar refractivity (Wildman–Crippen MR) is 71.9 cm³/mol. The minimum absolute atomic E-state index is 0.132. The van der Waals surface area contributed by atoms with Crippen molar-refractivity contribution in [2.45, 2.75) is 25.7 Å². The summed E-state index contributed by atoms with van der Waals surface area (Å²) in [5.41, 5.74) is 1.33. The lowest BCUT2D eigenvalue weighted by Crippen LogP contribution is -2.24. The van der Waals surface area contributed by atoms with Crippen molar-refractivity contribution in [2.24, 2.45) is 4.99 Å². The topological polar surface area (TPSA) is 70.0 Å². The molecule has 1 aromatic rings. The molecule has 5 heteroatoms. The van der Waals surface area contributed by atoms with Crippen molar-refractivity contribution in [3.8, 4) is 0 Å². The van der Waals surface area contributed by atoms with Gasteiger partial charge in [-0.3, -0.25) is 0 Å². The van der Waals surface area contributed by atoms with E-state index in [1.807, 2.05) is 0 Å². The molecule has 0 bridgehead atoms. The number of hydrogen-bond acceptors (Lipinski definition) is 4. The molecule has 0 radical (unpaired) electrons. The second-order valence-electron chi connectivity index (χ2n) is 4.61. The highest BCUT2D eigenvalue weighted by molar-refractivity contribution is 5.90. The van der Waals surface area contributed by atoms with Crippen LogP contribution < -0.4 is 4.90 Å². The Balaban J connectivity index is 2.37. The molecule has 1 fully saturated rings. The van der Waals surface area contributed by atoms with Crippen LogP contribution in [0.3, 0.4) is 0 Å². The summed E-state index contributed by atoms with van der Waals surface area (Å²) < 4.78 is 0. The Morgan fingerprint density at radius 1 is 1.21 bits per heavy atom. The molecule has 0 aromatic heterocycles. The molecule has 1 aromatic carbocycles. The van der Waals surface area contributed by atoms with Gasteiger partial charge < -0.3 is 10.0 Å². The first-order chi connectivity index (χ1) is 9.22. The molecule has 100 valence electrons. The predicted octanol–water partition coefficient (Wildman–Crippen LogP) is 2.73. The van der Waals surface area contributed by atoms with Gasteiger partial charge in [-0.05, 0) is 31.0 Å². The highest BCUT2D eigenvalue weighted by atomic mass is 16.4. The molecule has 1 saturated heterocycles. The standard InChI is InChI=1S/C14H16N2O3/c17-10-15-12-9-11(14(18)19)5-6-13(12)16-7-3-1-2-4-8-16/h5-6,9H,1-4,7-8H2,(H,18,19). The van der Waals surface area contributed by atoms with E-state index in [2.05, 4.69) is 9.89 Å². The van der Waals surface area contributed by atoms with Crippen molar-refractivity contribution in [3.05, 3.63) is 23.8 Å². The summed E-state index contributed by atoms with van der Waals surface area (Å²) >= 11 is 0. The van der Waals surface area contributed by atoms with Gasteiger partial charge in [0.1, 0.15) is 5.69 Å². The first kappa shape index (κ1) is 13.3. The molecule has 19 heavy (non-hydrogen) atoms. The SMILES string of the molecule is O=C=Nc1cc(C(=O)O)ccc1N1CCCCCC1. The Labute approximate surface area is 111 Å². The number of carbonyl (C=O) groups is 1. The lowest BCUT2D eigenvalue weighted by Gasteiger charge is -2.23. The van der Waals surface area contributed by atoms with Crippen molar-refractivity contribution in [2.75, 3.05) is 18.0 Å². The Kier molecular flexibility index (Phi) is 4.31. The molecule has 1 aliphatic heterocycles. The summed E-state index contributed by atoms with van der Waals surface area (Å²) in [4.78, 5) is 27.3. The molecule has 2 rings (SSSR count). The molecule has 0 amide bonds. The van der Waals surface area contributed by atoms with Gasteiger partial charge >= 0.3 is 5.97 Å². The van der Waals surface area contributed by atoms with E-state index in [1.165, 1.54) is 25.0 Å². The van der Waals surface area contributed by atoms with Crippen LogP contribution in [0.15, 0.2) is 23.2 Å². The quantitative estimate of drug-likeness (QED) is 0.670. The second kappa shape index (κ2) is 6.16. The molecule has 0 atom stereocenters. The molecule has 1 aliphatic rings. The first-order valence-electron chi connectivity index (χ1n) is 6.42. The summed E-state index contributed by atoms with van der Waals surface area (Å²) in [5.74, 6) is -1.02. The number of benzene rings is 1. The molecular formula is C14H16N2O3. The van der Waals surface area contributed by atoms with Crippen molar-refractivity contribution in [3.63, 3.8) is 0 Å². The third-order valence-corrected chi connectivity index (χ3v) is 3.34. The number of aromatic carboxylic acids is 1. The van der Waals surface area contributed by atoms with Gasteiger partial charge in [0.25, 0.3) is 0 Å². The van der Waals surface area contributed by atoms with Crippen LogP contribution in [0, 0.1) is 0 Å². The van der Waals surface area contributed by atoms with Crippen molar-refractivity contribution in [1.82, 2.24) is 0 Å². The van der Waals surface area contributed by atoms with Crippen LogP contribution in [-0.2, 0) is 4.79 Å². The van der Waals surface area contributed by atoms with E-state index < -0.39 is 5.97 Å². The van der Waals surface area contributed by atoms with E-state index in [0.29, 0.717) is 5.69 Å². The third-order valence-electron chi connectivity index (χ3n) is 3.34. The molecule has 0 aliphatic carbocycles. The molecule has 0 unspecified atom stereocenters. The van der Waals surface area contributed by atoms with Crippen LogP contribution in [0.4, 0.5) is 11.4 Å². The van der Waals surface area contributed by atoms with Gasteiger partial charge in [-0.1, -0.05) is 12.8 Å². The van der Waals surface area contributed by atoms with Gasteiger partial charge in [-0.2, -0.15) is 4.99 Å². The molecule has 1 N–H and O–H groups in total. The van der Waals surface area contributed by atoms with Gasteiger partial charge in [0, 0.05) is 13.1 Å². The second-order valence-corrected chi connectivity index (χ2v) is 4.61. The molecule has 5 nitrogen and oxygen atoms in total. The highest BCUT2D eigenvalue weighted by Crippen LogP contribution is 2.31. The van der Waals surface area contributed by atoms with Crippen LogP contribution in [0.2, 0.25) is 0 Å². The number of aliphatic imine (C=N–C) groups is 1. The summed E-state index contributed by atoms with van der Waals surface area (Å²) in [6.45, 7) is 1.82.